The van der Waals surface area contributed by atoms with Crippen molar-refractivity contribution in [3.05, 3.63) is 0 Å². The number of likely N-dealkylation sites (N-methyl/N-ethyl adjacent to an activating group) is 2. The number of carbonyl (C=O) groups is 1. The van der Waals surface area contributed by atoms with Crippen molar-refractivity contribution in [2.75, 3.05) is 26.7 Å². The van der Waals surface area contributed by atoms with Gasteiger partial charge in [-0.3, -0.25) is 9.69 Å². The summed E-state index contributed by atoms with van der Waals surface area (Å²) < 4.78 is 0. The number of carbonyl (C=O) groups excluding carboxylic acids is 1. The van der Waals surface area contributed by atoms with Gasteiger partial charge < -0.3 is 10.6 Å². The van der Waals surface area contributed by atoms with Crippen LogP contribution in [0.25, 0.3) is 0 Å². The smallest absolute Gasteiger partial charge is 0.238 e. The van der Waals surface area contributed by atoms with Gasteiger partial charge in [0.15, 0.2) is 0 Å². The third-order valence-electron chi connectivity index (χ3n) is 3.16. The first-order valence-corrected chi connectivity index (χ1v) is 5.80. The van der Waals surface area contributed by atoms with Crippen LogP contribution in [0.5, 0.6) is 0 Å². The van der Waals surface area contributed by atoms with E-state index in [-0.39, 0.29) is 36.8 Å². The first kappa shape index (κ1) is 19.3. The lowest BCUT2D eigenvalue weighted by Crippen LogP contribution is -2.46. The van der Waals surface area contributed by atoms with Crippen LogP contribution in [-0.2, 0) is 4.79 Å². The summed E-state index contributed by atoms with van der Waals surface area (Å²) in [6, 6.07) is 0.147. The molecular weight excluding hydrogens is 261 g/mol. The van der Waals surface area contributed by atoms with E-state index in [1.54, 1.807) is 11.8 Å². The minimum Gasteiger partial charge on any atom is -0.343 e. The summed E-state index contributed by atoms with van der Waals surface area (Å²) in [5.41, 5.74) is 5.57. The van der Waals surface area contributed by atoms with Crippen molar-refractivity contribution >= 4 is 30.7 Å². The molecule has 6 heteroatoms. The van der Waals surface area contributed by atoms with Crippen LogP contribution in [0.2, 0.25) is 0 Å². The summed E-state index contributed by atoms with van der Waals surface area (Å²) in [4.78, 5) is 15.8. The van der Waals surface area contributed by atoms with E-state index in [0.29, 0.717) is 6.04 Å². The molecule has 1 aliphatic rings. The number of rotatable bonds is 4. The van der Waals surface area contributed by atoms with Crippen molar-refractivity contribution in [2.24, 2.45) is 5.73 Å². The number of amides is 1. The van der Waals surface area contributed by atoms with Crippen LogP contribution in [0.4, 0.5) is 0 Å². The van der Waals surface area contributed by atoms with Crippen LogP contribution in [0.3, 0.4) is 0 Å². The lowest BCUT2D eigenvalue weighted by atomic mass is 10.2. The van der Waals surface area contributed by atoms with Crippen LogP contribution >= 0.6 is 24.8 Å². The lowest BCUT2D eigenvalue weighted by molar-refractivity contribution is -0.131. The number of hydrogen-bond acceptors (Lipinski definition) is 3. The number of hydrogen-bond donors (Lipinski definition) is 1. The second-order valence-electron chi connectivity index (χ2n) is 4.43. The maximum absolute atomic E-state index is 11.6. The summed E-state index contributed by atoms with van der Waals surface area (Å²) in [7, 11) is 1.85. The Hall–Kier alpha value is -0.0300. The second kappa shape index (κ2) is 8.97. The SMILES string of the molecule is CCN1CCCC1CN(C)C(=O)C(C)N.Cl.Cl. The van der Waals surface area contributed by atoms with E-state index in [9.17, 15) is 4.79 Å². The first-order valence-electron chi connectivity index (χ1n) is 5.80. The molecule has 1 saturated heterocycles. The molecule has 2 N–H and O–H groups in total. The zero-order valence-electron chi connectivity index (χ0n) is 10.9. The Morgan fingerprint density at radius 1 is 1.53 bits per heavy atom. The summed E-state index contributed by atoms with van der Waals surface area (Å²) in [5.74, 6) is 0.0398. The largest absolute Gasteiger partial charge is 0.343 e. The Bertz CT molecular complexity index is 227. The topological polar surface area (TPSA) is 49.6 Å². The van der Waals surface area contributed by atoms with Gasteiger partial charge in [0.05, 0.1) is 6.04 Å². The van der Waals surface area contributed by atoms with Crippen LogP contribution in [0, 0.1) is 0 Å². The maximum Gasteiger partial charge on any atom is 0.238 e. The summed E-state index contributed by atoms with van der Waals surface area (Å²) >= 11 is 0. The Kier molecular flexibility index (Phi) is 10.2. The zero-order valence-corrected chi connectivity index (χ0v) is 12.5. The van der Waals surface area contributed by atoms with Gasteiger partial charge in [0, 0.05) is 19.6 Å². The zero-order chi connectivity index (χ0) is 11.4. The Morgan fingerprint density at radius 3 is 2.59 bits per heavy atom. The van der Waals surface area contributed by atoms with Gasteiger partial charge in [-0.1, -0.05) is 6.92 Å². The summed E-state index contributed by atoms with van der Waals surface area (Å²) in [5, 5.41) is 0. The molecule has 104 valence electrons. The molecule has 0 spiro atoms. The molecule has 1 aliphatic heterocycles. The molecule has 0 saturated carbocycles. The highest BCUT2D eigenvalue weighted by molar-refractivity contribution is 5.85. The average Bonchev–Trinajstić information content (AvgIpc) is 2.63. The predicted octanol–water partition coefficient (Wildman–Crippen LogP) is 1.12. The molecule has 0 aromatic carbocycles. The Balaban J connectivity index is 0. The van der Waals surface area contributed by atoms with Gasteiger partial charge in [-0.05, 0) is 32.9 Å². The minimum atomic E-state index is -0.383. The minimum absolute atomic E-state index is 0. The quantitative estimate of drug-likeness (QED) is 0.842. The van der Waals surface area contributed by atoms with Gasteiger partial charge in [0.2, 0.25) is 5.91 Å². The molecule has 0 radical (unpaired) electrons. The van der Waals surface area contributed by atoms with Gasteiger partial charge in [0.1, 0.15) is 0 Å². The van der Waals surface area contributed by atoms with E-state index in [1.165, 1.54) is 19.4 Å². The third kappa shape index (κ3) is 5.42. The molecule has 1 amide bonds. The van der Waals surface area contributed by atoms with Crippen molar-refractivity contribution < 1.29 is 4.79 Å². The molecule has 17 heavy (non-hydrogen) atoms. The number of halogens is 2. The molecule has 0 bridgehead atoms. The predicted molar refractivity (Wildman–Crippen MR) is 76.1 cm³/mol. The molecule has 4 nitrogen and oxygen atoms in total. The van der Waals surface area contributed by atoms with Crippen LogP contribution < -0.4 is 5.73 Å². The van der Waals surface area contributed by atoms with E-state index < -0.39 is 0 Å². The highest BCUT2D eigenvalue weighted by Crippen LogP contribution is 2.17. The molecule has 2 atom stereocenters. The van der Waals surface area contributed by atoms with Gasteiger partial charge >= 0.3 is 0 Å². The monoisotopic (exact) mass is 285 g/mol. The van der Waals surface area contributed by atoms with Crippen molar-refractivity contribution in [2.45, 2.75) is 38.8 Å². The number of nitrogens with two attached hydrogens (primary N) is 1. The first-order chi connectivity index (χ1) is 7.06. The molecule has 1 heterocycles. The fraction of sp³-hybridized carbons (Fsp3) is 0.909. The molecule has 1 rings (SSSR count). The van der Waals surface area contributed by atoms with Crippen molar-refractivity contribution in [1.29, 1.82) is 0 Å². The highest BCUT2D eigenvalue weighted by atomic mass is 35.5. The molecule has 0 aromatic rings. The molecule has 1 fully saturated rings. The second-order valence-corrected chi connectivity index (χ2v) is 4.43. The summed E-state index contributed by atoms with van der Waals surface area (Å²) in [6.07, 6.45) is 2.45. The fourth-order valence-corrected chi connectivity index (χ4v) is 2.27. The van der Waals surface area contributed by atoms with Gasteiger partial charge in [-0.15, -0.1) is 24.8 Å². The fourth-order valence-electron chi connectivity index (χ4n) is 2.27. The average molecular weight is 286 g/mol. The van der Waals surface area contributed by atoms with Crippen molar-refractivity contribution in [1.82, 2.24) is 9.80 Å². The van der Waals surface area contributed by atoms with E-state index >= 15 is 0 Å². The standard InChI is InChI=1S/C11H23N3O.2ClH/c1-4-14-7-5-6-10(14)8-13(3)11(15)9(2)12;;/h9-10H,4-8,12H2,1-3H3;2*1H. The van der Waals surface area contributed by atoms with Crippen molar-refractivity contribution in [3.63, 3.8) is 0 Å². The van der Waals surface area contributed by atoms with Gasteiger partial charge in [-0.2, -0.15) is 0 Å². The third-order valence-corrected chi connectivity index (χ3v) is 3.16. The lowest BCUT2D eigenvalue weighted by Gasteiger charge is -2.28. The molecular formula is C11H25Cl2N3O. The van der Waals surface area contributed by atoms with Crippen LogP contribution in [0.15, 0.2) is 0 Å². The van der Waals surface area contributed by atoms with E-state index in [1.807, 2.05) is 7.05 Å². The Labute approximate surface area is 117 Å². The van der Waals surface area contributed by atoms with Gasteiger partial charge in [-0.25, -0.2) is 0 Å². The highest BCUT2D eigenvalue weighted by Gasteiger charge is 2.26. The normalized spacial score (nSPS) is 21.3. The van der Waals surface area contributed by atoms with Crippen LogP contribution in [-0.4, -0.2) is 54.5 Å². The van der Waals surface area contributed by atoms with E-state index in [4.69, 9.17) is 5.73 Å². The molecule has 2 unspecified atom stereocenters. The number of nitrogens with zero attached hydrogens (tertiary/aromatic N) is 2. The van der Waals surface area contributed by atoms with E-state index in [0.717, 1.165) is 13.1 Å². The Morgan fingerprint density at radius 2 is 2.12 bits per heavy atom. The molecule has 0 aliphatic carbocycles. The van der Waals surface area contributed by atoms with E-state index in [2.05, 4.69) is 11.8 Å². The van der Waals surface area contributed by atoms with Crippen molar-refractivity contribution in [3.8, 4) is 0 Å². The maximum atomic E-state index is 11.6. The van der Waals surface area contributed by atoms with Crippen LogP contribution in [0.1, 0.15) is 26.7 Å². The summed E-state index contributed by atoms with van der Waals surface area (Å²) in [6.45, 7) is 6.97. The molecule has 0 aromatic heterocycles. The van der Waals surface area contributed by atoms with Gasteiger partial charge in [0.25, 0.3) is 0 Å². The number of likely N-dealkylation sites (tertiary alicyclic amines) is 1.